The normalized spacial score (nSPS) is 25.9. The predicted molar refractivity (Wildman–Crippen MR) is 77.1 cm³/mol. The van der Waals surface area contributed by atoms with Crippen LogP contribution in [0.3, 0.4) is 0 Å². The monoisotopic (exact) mass is 285 g/mol. The highest BCUT2D eigenvalue weighted by Gasteiger charge is 2.39. The van der Waals surface area contributed by atoms with Crippen LogP contribution >= 0.6 is 0 Å². The van der Waals surface area contributed by atoms with Gasteiger partial charge in [-0.1, -0.05) is 13.8 Å². The average molecular weight is 285 g/mol. The van der Waals surface area contributed by atoms with Gasteiger partial charge in [-0.05, 0) is 26.2 Å². The lowest BCUT2D eigenvalue weighted by Gasteiger charge is -2.25. The molecule has 108 valence electrons. The van der Waals surface area contributed by atoms with E-state index in [0.717, 1.165) is 18.2 Å². The molecule has 2 heterocycles. The number of sulfone groups is 1. The molecule has 1 saturated heterocycles. The van der Waals surface area contributed by atoms with Crippen molar-refractivity contribution >= 4 is 15.8 Å². The van der Waals surface area contributed by atoms with Crippen LogP contribution < -0.4 is 5.32 Å². The highest BCUT2D eigenvalue weighted by Crippen LogP contribution is 2.27. The number of imidazole rings is 1. The predicted octanol–water partition coefficient (Wildman–Crippen LogP) is 1.84. The maximum absolute atomic E-state index is 11.6. The Hall–Kier alpha value is -1.04. The van der Waals surface area contributed by atoms with Gasteiger partial charge in [0.1, 0.15) is 0 Å². The van der Waals surface area contributed by atoms with Gasteiger partial charge >= 0.3 is 0 Å². The summed E-state index contributed by atoms with van der Waals surface area (Å²) in [6.45, 7) is 9.10. The Morgan fingerprint density at radius 3 is 2.74 bits per heavy atom. The van der Waals surface area contributed by atoms with Crippen molar-refractivity contribution in [1.82, 2.24) is 9.55 Å². The van der Waals surface area contributed by atoms with Crippen LogP contribution in [0, 0.1) is 12.8 Å². The van der Waals surface area contributed by atoms with Crippen molar-refractivity contribution in [2.75, 3.05) is 16.8 Å². The van der Waals surface area contributed by atoms with Crippen LogP contribution in [-0.2, 0) is 16.4 Å². The number of aryl methyl sites for hydroxylation is 1. The maximum atomic E-state index is 11.6. The lowest BCUT2D eigenvalue weighted by molar-refractivity contribution is 0.511. The molecule has 1 aliphatic rings. The number of hydrogen-bond donors (Lipinski definition) is 1. The minimum Gasteiger partial charge on any atom is -0.349 e. The average Bonchev–Trinajstić information content (AvgIpc) is 2.67. The highest BCUT2D eigenvalue weighted by atomic mass is 32.2. The van der Waals surface area contributed by atoms with Crippen molar-refractivity contribution in [2.45, 2.75) is 46.2 Å². The van der Waals surface area contributed by atoms with Crippen LogP contribution in [0.15, 0.2) is 6.20 Å². The standard InChI is InChI=1S/C13H23N3O2S/c1-10(2)7-16-8-11(3)14-12(16)15-13(4)5-6-19(17,18)9-13/h8,10H,5-7,9H2,1-4H3,(H,14,15). The molecule has 0 amide bonds. The molecule has 0 saturated carbocycles. The maximum Gasteiger partial charge on any atom is 0.203 e. The first kappa shape index (κ1) is 14.4. The van der Waals surface area contributed by atoms with Crippen LogP contribution in [0.2, 0.25) is 0 Å². The minimum atomic E-state index is -2.90. The zero-order chi connectivity index (χ0) is 14.3. The van der Waals surface area contributed by atoms with Crippen molar-refractivity contribution in [2.24, 2.45) is 5.92 Å². The number of nitrogens with one attached hydrogen (secondary N) is 1. The van der Waals surface area contributed by atoms with Crippen LogP contribution in [0.4, 0.5) is 5.95 Å². The molecule has 1 aromatic heterocycles. The molecular weight excluding hydrogens is 262 g/mol. The molecule has 1 N–H and O–H groups in total. The Bertz CT molecular complexity index is 562. The van der Waals surface area contributed by atoms with Crippen LogP contribution in [0.1, 0.15) is 32.9 Å². The van der Waals surface area contributed by atoms with Gasteiger partial charge in [0, 0.05) is 12.7 Å². The summed E-state index contributed by atoms with van der Waals surface area (Å²) >= 11 is 0. The molecule has 0 spiro atoms. The van der Waals surface area contributed by atoms with E-state index in [0.29, 0.717) is 12.3 Å². The Morgan fingerprint density at radius 2 is 2.21 bits per heavy atom. The van der Waals surface area contributed by atoms with Gasteiger partial charge in [-0.3, -0.25) is 0 Å². The van der Waals surface area contributed by atoms with Gasteiger partial charge < -0.3 is 9.88 Å². The number of aromatic nitrogens is 2. The number of rotatable bonds is 4. The molecule has 1 fully saturated rings. The molecule has 0 radical (unpaired) electrons. The Labute approximate surface area is 115 Å². The quantitative estimate of drug-likeness (QED) is 0.917. The van der Waals surface area contributed by atoms with E-state index in [1.54, 1.807) is 0 Å². The van der Waals surface area contributed by atoms with Crippen molar-refractivity contribution in [3.8, 4) is 0 Å². The first-order valence-electron chi connectivity index (χ1n) is 6.71. The molecule has 1 atom stereocenters. The van der Waals surface area contributed by atoms with E-state index in [2.05, 4.69) is 28.7 Å². The summed E-state index contributed by atoms with van der Waals surface area (Å²) in [5, 5.41) is 3.34. The Kier molecular flexibility index (Phi) is 3.64. The van der Waals surface area contributed by atoms with E-state index in [-0.39, 0.29) is 11.5 Å². The summed E-state index contributed by atoms with van der Waals surface area (Å²) in [6.07, 6.45) is 2.65. The molecule has 6 heteroatoms. The van der Waals surface area contributed by atoms with E-state index < -0.39 is 15.4 Å². The number of anilines is 1. The summed E-state index contributed by atoms with van der Waals surface area (Å²) in [5.41, 5.74) is 0.554. The minimum absolute atomic E-state index is 0.188. The molecule has 0 bridgehead atoms. The molecule has 1 aromatic rings. The largest absolute Gasteiger partial charge is 0.349 e. The van der Waals surface area contributed by atoms with Crippen LogP contribution in [0.5, 0.6) is 0 Å². The third kappa shape index (κ3) is 3.49. The number of nitrogens with zero attached hydrogens (tertiary/aromatic N) is 2. The summed E-state index contributed by atoms with van der Waals surface area (Å²) in [5.74, 6) is 1.76. The van der Waals surface area contributed by atoms with E-state index in [4.69, 9.17) is 0 Å². The Balaban J connectivity index is 2.19. The van der Waals surface area contributed by atoms with E-state index in [9.17, 15) is 8.42 Å². The number of hydrogen-bond acceptors (Lipinski definition) is 4. The fourth-order valence-corrected chi connectivity index (χ4v) is 4.65. The Morgan fingerprint density at radius 1 is 1.53 bits per heavy atom. The van der Waals surface area contributed by atoms with Gasteiger partial charge in [-0.15, -0.1) is 0 Å². The molecular formula is C13H23N3O2S. The lowest BCUT2D eigenvalue weighted by Crippen LogP contribution is -2.37. The zero-order valence-electron chi connectivity index (χ0n) is 12.1. The molecule has 2 rings (SSSR count). The van der Waals surface area contributed by atoms with Crippen LogP contribution in [0.25, 0.3) is 0 Å². The second-order valence-corrected chi connectivity index (χ2v) is 8.46. The summed E-state index contributed by atoms with van der Waals surface area (Å²) < 4.78 is 25.4. The highest BCUT2D eigenvalue weighted by molar-refractivity contribution is 7.91. The third-order valence-corrected chi connectivity index (χ3v) is 5.28. The van der Waals surface area contributed by atoms with Gasteiger partial charge in [-0.25, -0.2) is 13.4 Å². The molecule has 1 aliphatic heterocycles. The molecule has 19 heavy (non-hydrogen) atoms. The van der Waals surface area contributed by atoms with E-state index >= 15 is 0 Å². The zero-order valence-corrected chi connectivity index (χ0v) is 12.9. The molecule has 0 aromatic carbocycles. The summed E-state index contributed by atoms with van der Waals surface area (Å²) in [7, 11) is -2.90. The fraction of sp³-hybridized carbons (Fsp3) is 0.769. The summed E-state index contributed by atoms with van der Waals surface area (Å²) in [6, 6.07) is 0. The van der Waals surface area contributed by atoms with Crippen molar-refractivity contribution in [1.29, 1.82) is 0 Å². The third-order valence-electron chi connectivity index (χ3n) is 3.38. The van der Waals surface area contributed by atoms with Gasteiger partial charge in [0.05, 0.1) is 22.7 Å². The molecule has 1 unspecified atom stereocenters. The first-order chi connectivity index (χ1) is 8.69. The van der Waals surface area contributed by atoms with E-state index in [1.165, 1.54) is 0 Å². The van der Waals surface area contributed by atoms with Crippen molar-refractivity contribution < 1.29 is 8.42 Å². The molecule has 5 nitrogen and oxygen atoms in total. The molecule has 0 aliphatic carbocycles. The van der Waals surface area contributed by atoms with Gasteiger partial charge in [-0.2, -0.15) is 0 Å². The second kappa shape index (κ2) is 4.81. The van der Waals surface area contributed by atoms with Gasteiger partial charge in [0.2, 0.25) is 5.95 Å². The van der Waals surface area contributed by atoms with Gasteiger partial charge in [0.15, 0.2) is 9.84 Å². The summed E-state index contributed by atoms with van der Waals surface area (Å²) in [4.78, 5) is 4.48. The topological polar surface area (TPSA) is 64.0 Å². The van der Waals surface area contributed by atoms with Crippen molar-refractivity contribution in [3.05, 3.63) is 11.9 Å². The van der Waals surface area contributed by atoms with E-state index in [1.807, 2.05) is 20.0 Å². The first-order valence-corrected chi connectivity index (χ1v) is 8.54. The second-order valence-electron chi connectivity index (χ2n) is 6.28. The van der Waals surface area contributed by atoms with Crippen molar-refractivity contribution in [3.63, 3.8) is 0 Å². The van der Waals surface area contributed by atoms with Crippen LogP contribution in [-0.4, -0.2) is 35.0 Å². The fourth-order valence-electron chi connectivity index (χ4n) is 2.56. The SMILES string of the molecule is Cc1cn(CC(C)C)c(NC2(C)CCS(=O)(=O)C2)n1. The smallest absolute Gasteiger partial charge is 0.203 e. The lowest BCUT2D eigenvalue weighted by atomic mass is 10.0. The van der Waals surface area contributed by atoms with Gasteiger partial charge in [0.25, 0.3) is 0 Å².